The molecule has 154 valence electrons. The van der Waals surface area contributed by atoms with Gasteiger partial charge in [-0.2, -0.15) is 0 Å². The molecule has 1 aliphatic carbocycles. The van der Waals surface area contributed by atoms with E-state index in [4.69, 9.17) is 9.47 Å². The molecular formula is C26H33O2P. The van der Waals surface area contributed by atoms with Crippen molar-refractivity contribution in [2.24, 2.45) is 0 Å². The first kappa shape index (κ1) is 21.8. The number of benzene rings is 2. The Bertz CT molecular complexity index is 850. The third-order valence-corrected chi connectivity index (χ3v) is 8.33. The van der Waals surface area contributed by atoms with Gasteiger partial charge in [0.1, 0.15) is 5.75 Å². The first-order valence-electron chi connectivity index (χ1n) is 10.4. The molecule has 0 saturated carbocycles. The summed E-state index contributed by atoms with van der Waals surface area (Å²) in [6.07, 6.45) is 11.5. The minimum absolute atomic E-state index is 0.00707. The summed E-state index contributed by atoms with van der Waals surface area (Å²) >= 11 is 0. The summed E-state index contributed by atoms with van der Waals surface area (Å²) in [6, 6.07) is 17.6. The van der Waals surface area contributed by atoms with E-state index < -0.39 is 7.92 Å². The van der Waals surface area contributed by atoms with Crippen LogP contribution in [-0.2, 0) is 10.2 Å². The standard InChI is InChI=1S/C26H33O2P/c1-6-17-26(18-10-11-19-26)29(21-13-8-7-9-14-21)23-16-12-15-22(25(2,3)4)24(23)28-20-27-5/h7-16,18-19H,6,17,20H2,1-5H3. The Hall–Kier alpha value is -1.89. The summed E-state index contributed by atoms with van der Waals surface area (Å²) in [7, 11) is 0.984. The highest BCUT2D eigenvalue weighted by Crippen LogP contribution is 2.56. The highest BCUT2D eigenvalue weighted by atomic mass is 31.1. The maximum atomic E-state index is 6.27. The van der Waals surface area contributed by atoms with E-state index >= 15 is 0 Å². The maximum Gasteiger partial charge on any atom is 0.188 e. The lowest BCUT2D eigenvalue weighted by Gasteiger charge is -2.38. The number of hydrogen-bond donors (Lipinski definition) is 0. The van der Waals surface area contributed by atoms with Crippen molar-refractivity contribution >= 4 is 18.5 Å². The van der Waals surface area contributed by atoms with Gasteiger partial charge in [-0.25, -0.2) is 0 Å². The molecule has 3 rings (SSSR count). The molecule has 0 aliphatic heterocycles. The lowest BCUT2D eigenvalue weighted by molar-refractivity contribution is 0.0506. The molecule has 2 nitrogen and oxygen atoms in total. The first-order valence-corrected chi connectivity index (χ1v) is 11.7. The highest BCUT2D eigenvalue weighted by Gasteiger charge is 2.39. The van der Waals surface area contributed by atoms with Crippen molar-refractivity contribution in [2.75, 3.05) is 13.9 Å². The number of methoxy groups -OCH3 is 1. The Morgan fingerprint density at radius 2 is 1.62 bits per heavy atom. The van der Waals surface area contributed by atoms with Gasteiger partial charge in [-0.05, 0) is 25.1 Å². The van der Waals surface area contributed by atoms with Crippen LogP contribution in [0, 0.1) is 0 Å². The SMILES string of the molecule is CCCC1(P(c2ccccc2)c2cccc(C(C)(C)C)c2OCOC)C=CC=C1. The smallest absolute Gasteiger partial charge is 0.188 e. The highest BCUT2D eigenvalue weighted by molar-refractivity contribution is 7.75. The molecule has 1 aliphatic rings. The summed E-state index contributed by atoms with van der Waals surface area (Å²) in [6.45, 7) is 9.26. The van der Waals surface area contributed by atoms with E-state index in [0.717, 1.165) is 18.6 Å². The van der Waals surface area contributed by atoms with Gasteiger partial charge in [-0.1, -0.05) is 107 Å². The second-order valence-electron chi connectivity index (χ2n) is 8.59. The Morgan fingerprint density at radius 3 is 2.21 bits per heavy atom. The van der Waals surface area contributed by atoms with Crippen LogP contribution in [0.5, 0.6) is 5.75 Å². The number of allylic oxidation sites excluding steroid dienone is 4. The molecule has 1 unspecified atom stereocenters. The molecule has 0 fully saturated rings. The van der Waals surface area contributed by atoms with Crippen LogP contribution in [0.1, 0.15) is 46.1 Å². The van der Waals surface area contributed by atoms with Crippen LogP contribution in [0.4, 0.5) is 0 Å². The van der Waals surface area contributed by atoms with Gasteiger partial charge in [0.15, 0.2) is 6.79 Å². The van der Waals surface area contributed by atoms with Crippen LogP contribution in [0.2, 0.25) is 0 Å². The summed E-state index contributed by atoms with van der Waals surface area (Å²) in [5.74, 6) is 0.987. The fourth-order valence-corrected chi connectivity index (χ4v) is 7.29. The van der Waals surface area contributed by atoms with Crippen LogP contribution in [0.25, 0.3) is 0 Å². The Labute approximate surface area is 177 Å². The molecule has 0 N–H and O–H groups in total. The summed E-state index contributed by atoms with van der Waals surface area (Å²) in [5, 5.41) is 2.67. The Morgan fingerprint density at radius 1 is 0.931 bits per heavy atom. The monoisotopic (exact) mass is 408 g/mol. The minimum atomic E-state index is -0.697. The molecule has 0 radical (unpaired) electrons. The Balaban J connectivity index is 2.26. The van der Waals surface area contributed by atoms with Gasteiger partial charge in [0, 0.05) is 23.1 Å². The molecule has 2 aromatic carbocycles. The van der Waals surface area contributed by atoms with E-state index in [9.17, 15) is 0 Å². The number of rotatable bonds is 8. The molecule has 2 aromatic rings. The third kappa shape index (κ3) is 4.65. The minimum Gasteiger partial charge on any atom is -0.467 e. The number of hydrogen-bond acceptors (Lipinski definition) is 2. The largest absolute Gasteiger partial charge is 0.467 e. The molecule has 0 spiro atoms. The Kier molecular flexibility index (Phi) is 6.98. The predicted molar refractivity (Wildman–Crippen MR) is 126 cm³/mol. The summed E-state index contributed by atoms with van der Waals surface area (Å²) < 4.78 is 11.6. The van der Waals surface area contributed by atoms with Crippen LogP contribution >= 0.6 is 7.92 Å². The zero-order valence-electron chi connectivity index (χ0n) is 18.3. The van der Waals surface area contributed by atoms with Crippen molar-refractivity contribution in [3.05, 3.63) is 78.4 Å². The number of para-hydroxylation sites is 1. The average molecular weight is 409 g/mol. The average Bonchev–Trinajstić information content (AvgIpc) is 3.16. The number of ether oxygens (including phenoxy) is 2. The van der Waals surface area contributed by atoms with Crippen molar-refractivity contribution in [1.82, 2.24) is 0 Å². The van der Waals surface area contributed by atoms with Crippen molar-refractivity contribution in [2.45, 2.75) is 51.1 Å². The maximum absolute atomic E-state index is 6.27. The normalized spacial score (nSPS) is 16.2. The lowest BCUT2D eigenvalue weighted by atomic mass is 9.86. The van der Waals surface area contributed by atoms with Gasteiger partial charge in [0.2, 0.25) is 0 Å². The fraction of sp³-hybridized carbons (Fsp3) is 0.385. The van der Waals surface area contributed by atoms with Gasteiger partial charge in [-0.3, -0.25) is 0 Å². The fourth-order valence-electron chi connectivity index (χ4n) is 4.07. The zero-order valence-corrected chi connectivity index (χ0v) is 19.2. The van der Waals surface area contributed by atoms with Gasteiger partial charge in [-0.15, -0.1) is 0 Å². The zero-order chi connectivity index (χ0) is 20.9. The molecule has 0 amide bonds. The van der Waals surface area contributed by atoms with Crippen molar-refractivity contribution < 1.29 is 9.47 Å². The molecular weight excluding hydrogens is 375 g/mol. The van der Waals surface area contributed by atoms with E-state index in [2.05, 4.69) is 101 Å². The first-order chi connectivity index (χ1) is 13.9. The summed E-state index contributed by atoms with van der Waals surface area (Å²) in [5.41, 5.74) is 1.21. The predicted octanol–water partition coefficient (Wildman–Crippen LogP) is 6.06. The van der Waals surface area contributed by atoms with E-state index in [1.54, 1.807) is 7.11 Å². The van der Waals surface area contributed by atoms with Crippen molar-refractivity contribution in [3.63, 3.8) is 0 Å². The van der Waals surface area contributed by atoms with Crippen LogP contribution in [0.15, 0.2) is 72.8 Å². The third-order valence-electron chi connectivity index (χ3n) is 5.33. The molecule has 1 atom stereocenters. The van der Waals surface area contributed by atoms with E-state index in [0.29, 0.717) is 0 Å². The molecule has 0 saturated heterocycles. The van der Waals surface area contributed by atoms with E-state index in [1.807, 2.05) is 0 Å². The topological polar surface area (TPSA) is 18.5 Å². The van der Waals surface area contributed by atoms with E-state index in [-0.39, 0.29) is 17.4 Å². The van der Waals surface area contributed by atoms with Crippen LogP contribution in [-0.4, -0.2) is 19.1 Å². The molecule has 0 heterocycles. The van der Waals surface area contributed by atoms with E-state index in [1.165, 1.54) is 16.2 Å². The van der Waals surface area contributed by atoms with Gasteiger partial charge in [0.25, 0.3) is 0 Å². The van der Waals surface area contributed by atoms with Gasteiger partial charge >= 0.3 is 0 Å². The summed E-state index contributed by atoms with van der Waals surface area (Å²) in [4.78, 5) is 0. The van der Waals surface area contributed by atoms with Crippen molar-refractivity contribution in [1.29, 1.82) is 0 Å². The second-order valence-corrected chi connectivity index (χ2v) is 11.1. The van der Waals surface area contributed by atoms with Crippen LogP contribution in [0.3, 0.4) is 0 Å². The molecule has 0 bridgehead atoms. The molecule has 0 aromatic heterocycles. The van der Waals surface area contributed by atoms with Crippen molar-refractivity contribution in [3.8, 4) is 5.75 Å². The van der Waals surface area contributed by atoms with Crippen LogP contribution < -0.4 is 15.3 Å². The van der Waals surface area contributed by atoms with Gasteiger partial charge in [0.05, 0.1) is 0 Å². The lowest BCUT2D eigenvalue weighted by Crippen LogP contribution is -2.32. The molecule has 3 heteroatoms. The quantitative estimate of drug-likeness (QED) is 0.390. The van der Waals surface area contributed by atoms with Gasteiger partial charge < -0.3 is 9.47 Å². The second kappa shape index (κ2) is 9.28. The molecule has 29 heavy (non-hydrogen) atoms.